The van der Waals surface area contributed by atoms with E-state index in [4.69, 9.17) is 9.47 Å². The molecule has 1 saturated heterocycles. The molecule has 1 aromatic carbocycles. The molecule has 0 bridgehead atoms. The standard InChI is InChI=1S/C19H27N5O2/c1-22(2)9-10-25-17-5-3-15(4-6-17)12-23-8-7-19-18(13-23)24-16(14-26-19)11-20-21-24/h3-6,11,18-19H,7-10,12-14H2,1-2H3/t18-,19-/m0/s1. The second-order valence-corrected chi connectivity index (χ2v) is 7.41. The van der Waals surface area contributed by atoms with Crippen molar-refractivity contribution in [2.75, 3.05) is 40.3 Å². The fraction of sp³-hybridized carbons (Fsp3) is 0.579. The Balaban J connectivity index is 1.34. The molecule has 7 heteroatoms. The van der Waals surface area contributed by atoms with Gasteiger partial charge in [0.15, 0.2) is 0 Å². The summed E-state index contributed by atoms with van der Waals surface area (Å²) in [6, 6.07) is 8.72. The van der Waals surface area contributed by atoms with Crippen molar-refractivity contribution >= 4 is 0 Å². The average Bonchev–Trinajstić information content (AvgIpc) is 3.12. The molecule has 0 unspecified atom stereocenters. The molecule has 0 N–H and O–H groups in total. The van der Waals surface area contributed by atoms with Crippen LogP contribution in [0.15, 0.2) is 30.5 Å². The van der Waals surface area contributed by atoms with Crippen LogP contribution in [0.5, 0.6) is 5.75 Å². The zero-order valence-corrected chi connectivity index (χ0v) is 15.5. The highest BCUT2D eigenvalue weighted by Gasteiger charge is 2.36. The highest BCUT2D eigenvalue weighted by atomic mass is 16.5. The predicted molar refractivity (Wildman–Crippen MR) is 98.0 cm³/mol. The quantitative estimate of drug-likeness (QED) is 0.782. The van der Waals surface area contributed by atoms with Crippen LogP contribution in [0.1, 0.15) is 23.7 Å². The molecule has 0 amide bonds. The maximum absolute atomic E-state index is 5.99. The average molecular weight is 357 g/mol. The Morgan fingerprint density at radius 2 is 2.12 bits per heavy atom. The molecule has 7 nitrogen and oxygen atoms in total. The number of aromatic nitrogens is 3. The lowest BCUT2D eigenvalue weighted by Gasteiger charge is -2.41. The Morgan fingerprint density at radius 1 is 1.27 bits per heavy atom. The molecule has 2 aliphatic heterocycles. The van der Waals surface area contributed by atoms with Crippen molar-refractivity contribution in [1.82, 2.24) is 24.8 Å². The monoisotopic (exact) mass is 357 g/mol. The first-order valence-electron chi connectivity index (χ1n) is 9.28. The zero-order valence-electron chi connectivity index (χ0n) is 15.5. The number of piperidine rings is 1. The van der Waals surface area contributed by atoms with Gasteiger partial charge in [-0.25, -0.2) is 4.68 Å². The summed E-state index contributed by atoms with van der Waals surface area (Å²) in [7, 11) is 4.10. The molecule has 2 aromatic rings. The van der Waals surface area contributed by atoms with Gasteiger partial charge in [0.2, 0.25) is 0 Å². The molecular formula is C19H27N5O2. The highest BCUT2D eigenvalue weighted by molar-refractivity contribution is 5.27. The third kappa shape index (κ3) is 3.90. The zero-order chi connectivity index (χ0) is 17.9. The first-order valence-corrected chi connectivity index (χ1v) is 9.28. The predicted octanol–water partition coefficient (Wildman–Crippen LogP) is 1.56. The number of fused-ring (bicyclic) bond motifs is 3. The summed E-state index contributed by atoms with van der Waals surface area (Å²) < 4.78 is 13.8. The van der Waals surface area contributed by atoms with Gasteiger partial charge in [-0.15, -0.1) is 5.10 Å². The molecule has 0 aliphatic carbocycles. The minimum atomic E-state index is 0.257. The molecule has 3 heterocycles. The second-order valence-electron chi connectivity index (χ2n) is 7.41. The van der Waals surface area contributed by atoms with E-state index in [1.807, 2.05) is 6.20 Å². The first-order chi connectivity index (χ1) is 12.7. The summed E-state index contributed by atoms with van der Waals surface area (Å²) in [6.45, 7) is 5.19. The molecule has 140 valence electrons. The molecule has 0 radical (unpaired) electrons. The van der Waals surface area contributed by atoms with Gasteiger partial charge in [0.25, 0.3) is 0 Å². The van der Waals surface area contributed by atoms with Crippen molar-refractivity contribution in [3.8, 4) is 5.75 Å². The second kappa shape index (κ2) is 7.73. The van der Waals surface area contributed by atoms with E-state index in [1.54, 1.807) is 0 Å². The number of ether oxygens (including phenoxy) is 2. The van der Waals surface area contributed by atoms with Crippen LogP contribution in [0.25, 0.3) is 0 Å². The van der Waals surface area contributed by atoms with Gasteiger partial charge in [-0.3, -0.25) is 4.90 Å². The Kier molecular flexibility index (Phi) is 5.19. The maximum atomic E-state index is 5.99. The van der Waals surface area contributed by atoms with Crippen LogP contribution in [0, 0.1) is 0 Å². The van der Waals surface area contributed by atoms with Crippen molar-refractivity contribution in [2.45, 2.75) is 31.7 Å². The molecule has 0 spiro atoms. The van der Waals surface area contributed by atoms with Crippen molar-refractivity contribution in [3.05, 3.63) is 41.7 Å². The molecule has 1 fully saturated rings. The van der Waals surface area contributed by atoms with Gasteiger partial charge >= 0.3 is 0 Å². The van der Waals surface area contributed by atoms with Crippen LogP contribution < -0.4 is 4.74 Å². The normalized spacial score (nSPS) is 22.9. The lowest BCUT2D eigenvalue weighted by atomic mass is 10.00. The lowest BCUT2D eigenvalue weighted by Crippen LogP contribution is -2.47. The summed E-state index contributed by atoms with van der Waals surface area (Å²) in [5.74, 6) is 0.933. The third-order valence-electron chi connectivity index (χ3n) is 5.15. The van der Waals surface area contributed by atoms with Crippen molar-refractivity contribution in [1.29, 1.82) is 0 Å². The smallest absolute Gasteiger partial charge is 0.119 e. The third-order valence-corrected chi connectivity index (χ3v) is 5.15. The number of hydrogen-bond acceptors (Lipinski definition) is 6. The first kappa shape index (κ1) is 17.5. The van der Waals surface area contributed by atoms with Crippen molar-refractivity contribution in [2.24, 2.45) is 0 Å². The summed E-state index contributed by atoms with van der Waals surface area (Å²) in [5.41, 5.74) is 2.38. The van der Waals surface area contributed by atoms with Gasteiger partial charge in [0, 0.05) is 26.2 Å². The Labute approximate surface area is 154 Å². The largest absolute Gasteiger partial charge is 0.492 e. The van der Waals surface area contributed by atoms with Crippen LogP contribution in [-0.2, 0) is 17.9 Å². The molecule has 0 saturated carbocycles. The Morgan fingerprint density at radius 3 is 2.92 bits per heavy atom. The van der Waals surface area contributed by atoms with Gasteiger partial charge in [0.05, 0.1) is 30.6 Å². The van der Waals surface area contributed by atoms with Crippen molar-refractivity contribution in [3.63, 3.8) is 0 Å². The molecule has 26 heavy (non-hydrogen) atoms. The topological polar surface area (TPSA) is 55.6 Å². The van der Waals surface area contributed by atoms with Crippen LogP contribution >= 0.6 is 0 Å². The molecule has 4 rings (SSSR count). The van der Waals surface area contributed by atoms with Gasteiger partial charge in [-0.05, 0) is 38.2 Å². The number of likely N-dealkylation sites (tertiary alicyclic amines) is 1. The van der Waals surface area contributed by atoms with Gasteiger partial charge in [0.1, 0.15) is 12.4 Å². The van der Waals surface area contributed by atoms with Gasteiger partial charge < -0.3 is 14.4 Å². The summed E-state index contributed by atoms with van der Waals surface area (Å²) in [6.07, 6.45) is 3.10. The molecule has 1 aromatic heterocycles. The van der Waals surface area contributed by atoms with Crippen LogP contribution in [-0.4, -0.2) is 71.2 Å². The van der Waals surface area contributed by atoms with Crippen LogP contribution in [0.4, 0.5) is 0 Å². The fourth-order valence-electron chi connectivity index (χ4n) is 3.68. The van der Waals surface area contributed by atoms with E-state index < -0.39 is 0 Å². The Bertz CT molecular complexity index is 715. The number of rotatable bonds is 6. The van der Waals surface area contributed by atoms with Crippen molar-refractivity contribution < 1.29 is 9.47 Å². The molecular weight excluding hydrogens is 330 g/mol. The summed E-state index contributed by atoms with van der Waals surface area (Å²) in [5, 5.41) is 8.32. The molecule has 2 atom stereocenters. The van der Waals surface area contributed by atoms with Crippen LogP contribution in [0.3, 0.4) is 0 Å². The van der Waals surface area contributed by atoms with Gasteiger partial charge in [-0.1, -0.05) is 17.3 Å². The van der Waals surface area contributed by atoms with Gasteiger partial charge in [-0.2, -0.15) is 0 Å². The number of nitrogens with zero attached hydrogens (tertiary/aromatic N) is 5. The van der Waals surface area contributed by atoms with E-state index in [2.05, 4.69) is 63.2 Å². The minimum Gasteiger partial charge on any atom is -0.492 e. The summed E-state index contributed by atoms with van der Waals surface area (Å²) in [4.78, 5) is 4.59. The van der Waals surface area contributed by atoms with E-state index in [9.17, 15) is 0 Å². The number of likely N-dealkylation sites (N-methyl/N-ethyl adjacent to an activating group) is 1. The SMILES string of the molecule is CN(C)CCOc1ccc(CN2CC[C@@H]3OCc4cnnn4[C@H]3C2)cc1. The van der Waals surface area contributed by atoms with E-state index in [0.717, 1.165) is 44.0 Å². The van der Waals surface area contributed by atoms with E-state index >= 15 is 0 Å². The van der Waals surface area contributed by atoms with E-state index in [-0.39, 0.29) is 12.1 Å². The molecule has 2 aliphatic rings. The number of hydrogen-bond donors (Lipinski definition) is 0. The van der Waals surface area contributed by atoms with E-state index in [1.165, 1.54) is 5.56 Å². The van der Waals surface area contributed by atoms with E-state index in [0.29, 0.717) is 13.2 Å². The maximum Gasteiger partial charge on any atom is 0.119 e. The fourth-order valence-corrected chi connectivity index (χ4v) is 3.68. The summed E-state index contributed by atoms with van der Waals surface area (Å²) >= 11 is 0. The minimum absolute atomic E-state index is 0.257. The number of benzene rings is 1. The lowest BCUT2D eigenvalue weighted by molar-refractivity contribution is -0.0669. The Hall–Kier alpha value is -1.96. The highest BCUT2D eigenvalue weighted by Crippen LogP contribution is 2.30. The van der Waals surface area contributed by atoms with Crippen LogP contribution in [0.2, 0.25) is 0 Å².